The quantitative estimate of drug-likeness (QED) is 0.695. The predicted molar refractivity (Wildman–Crippen MR) is 110 cm³/mol. The number of amides is 1. The van der Waals surface area contributed by atoms with Crippen LogP contribution < -0.4 is 0 Å². The van der Waals surface area contributed by atoms with Crippen LogP contribution in [0.3, 0.4) is 0 Å². The van der Waals surface area contributed by atoms with Crippen molar-refractivity contribution in [1.82, 2.24) is 9.80 Å². The third-order valence-electron chi connectivity index (χ3n) is 5.47. The van der Waals surface area contributed by atoms with Crippen LogP contribution in [0.5, 0.6) is 0 Å². The van der Waals surface area contributed by atoms with Crippen LogP contribution in [0.2, 0.25) is 0 Å². The number of carbonyl (C=O) groups excluding carboxylic acids is 2. The predicted octanol–water partition coefficient (Wildman–Crippen LogP) is 3.70. The van der Waals surface area contributed by atoms with Gasteiger partial charge in [-0.25, -0.2) is 9.18 Å². The average molecular weight is 419 g/mol. The third kappa shape index (κ3) is 4.77. The van der Waals surface area contributed by atoms with E-state index in [2.05, 4.69) is 4.90 Å². The van der Waals surface area contributed by atoms with Crippen LogP contribution in [0.4, 0.5) is 4.39 Å². The molecule has 2 aromatic rings. The number of esters is 1. The number of fused-ring (bicyclic) bond motifs is 1. The van der Waals surface area contributed by atoms with Gasteiger partial charge in [0.25, 0.3) is 5.91 Å². The molecule has 0 spiro atoms. The molecule has 0 bridgehead atoms. The standard InChI is InChI=1S/C22H23FN2O3.ClH/c23-17-9-7-16(8-10-17)21(26)25-14-12-24(13-15-25)11-3-6-20-18-4-1-2-5-19(18)22(27)28-20;/h1-2,4-5,7-10,20H,3,6,11-15H2;1H. The van der Waals surface area contributed by atoms with Gasteiger partial charge in [0.15, 0.2) is 0 Å². The highest BCUT2D eigenvalue weighted by Crippen LogP contribution is 2.33. The van der Waals surface area contributed by atoms with Gasteiger partial charge in [0.1, 0.15) is 11.9 Å². The normalized spacial score (nSPS) is 18.7. The zero-order valence-electron chi connectivity index (χ0n) is 16.1. The fourth-order valence-corrected chi connectivity index (χ4v) is 3.88. The fourth-order valence-electron chi connectivity index (χ4n) is 3.88. The summed E-state index contributed by atoms with van der Waals surface area (Å²) in [6.07, 6.45) is 1.58. The van der Waals surface area contributed by atoms with Gasteiger partial charge >= 0.3 is 5.97 Å². The number of ether oxygens (including phenoxy) is 1. The minimum Gasteiger partial charge on any atom is -0.454 e. The number of carbonyl (C=O) groups is 2. The molecule has 1 saturated heterocycles. The van der Waals surface area contributed by atoms with E-state index in [0.29, 0.717) is 24.2 Å². The summed E-state index contributed by atoms with van der Waals surface area (Å²) in [5.74, 6) is -0.611. The van der Waals surface area contributed by atoms with Crippen LogP contribution in [0, 0.1) is 5.82 Å². The summed E-state index contributed by atoms with van der Waals surface area (Å²) in [4.78, 5) is 28.5. The van der Waals surface area contributed by atoms with Crippen LogP contribution in [0.15, 0.2) is 48.5 Å². The van der Waals surface area contributed by atoms with E-state index in [9.17, 15) is 14.0 Å². The van der Waals surface area contributed by atoms with Crippen molar-refractivity contribution < 1.29 is 18.7 Å². The fraction of sp³-hybridized carbons (Fsp3) is 0.364. The number of hydrogen-bond acceptors (Lipinski definition) is 4. The molecule has 1 fully saturated rings. The second-order valence-electron chi connectivity index (χ2n) is 7.26. The van der Waals surface area contributed by atoms with E-state index in [1.165, 1.54) is 24.3 Å². The Morgan fingerprint density at radius 1 is 1.03 bits per heavy atom. The number of benzene rings is 2. The van der Waals surface area contributed by atoms with Crippen molar-refractivity contribution in [2.24, 2.45) is 0 Å². The van der Waals surface area contributed by atoms with E-state index in [-0.39, 0.29) is 36.2 Å². The maximum Gasteiger partial charge on any atom is 0.339 e. The lowest BCUT2D eigenvalue weighted by molar-refractivity contribution is 0.0353. The van der Waals surface area contributed by atoms with E-state index in [4.69, 9.17) is 4.74 Å². The number of halogens is 2. The van der Waals surface area contributed by atoms with Crippen LogP contribution >= 0.6 is 12.4 Å². The molecular weight excluding hydrogens is 395 g/mol. The van der Waals surface area contributed by atoms with Gasteiger partial charge in [0.05, 0.1) is 5.56 Å². The molecule has 1 atom stereocenters. The molecule has 7 heteroatoms. The van der Waals surface area contributed by atoms with Crippen molar-refractivity contribution in [2.45, 2.75) is 18.9 Å². The maximum atomic E-state index is 13.0. The van der Waals surface area contributed by atoms with Crippen LogP contribution in [-0.2, 0) is 4.74 Å². The summed E-state index contributed by atoms with van der Waals surface area (Å²) < 4.78 is 18.5. The smallest absolute Gasteiger partial charge is 0.339 e. The summed E-state index contributed by atoms with van der Waals surface area (Å²) in [5.41, 5.74) is 2.19. The molecule has 29 heavy (non-hydrogen) atoms. The molecule has 0 aromatic heterocycles. The van der Waals surface area contributed by atoms with Gasteiger partial charge in [-0.1, -0.05) is 18.2 Å². The first-order valence-corrected chi connectivity index (χ1v) is 9.69. The monoisotopic (exact) mass is 418 g/mol. The third-order valence-corrected chi connectivity index (χ3v) is 5.47. The van der Waals surface area contributed by atoms with Crippen molar-refractivity contribution in [3.05, 3.63) is 71.0 Å². The zero-order chi connectivity index (χ0) is 19.5. The van der Waals surface area contributed by atoms with E-state index in [1.807, 2.05) is 29.2 Å². The minimum absolute atomic E-state index is 0. The Labute approximate surface area is 175 Å². The molecule has 0 N–H and O–H groups in total. The second-order valence-corrected chi connectivity index (χ2v) is 7.26. The average Bonchev–Trinajstić information content (AvgIpc) is 3.05. The zero-order valence-corrected chi connectivity index (χ0v) is 16.9. The van der Waals surface area contributed by atoms with E-state index >= 15 is 0 Å². The number of rotatable bonds is 5. The van der Waals surface area contributed by atoms with Crippen LogP contribution in [0.25, 0.3) is 0 Å². The lowest BCUT2D eigenvalue weighted by Crippen LogP contribution is -2.48. The second kappa shape index (κ2) is 9.37. The van der Waals surface area contributed by atoms with Gasteiger partial charge in [-0.05, 0) is 49.7 Å². The van der Waals surface area contributed by atoms with Crippen molar-refractivity contribution in [3.8, 4) is 0 Å². The van der Waals surface area contributed by atoms with Crippen molar-refractivity contribution in [3.63, 3.8) is 0 Å². The molecular formula is C22H24ClFN2O3. The van der Waals surface area contributed by atoms with Gasteiger partial charge < -0.3 is 9.64 Å². The Bertz CT molecular complexity index is 867. The molecule has 2 aromatic carbocycles. The Morgan fingerprint density at radius 3 is 2.45 bits per heavy atom. The van der Waals surface area contributed by atoms with E-state index in [1.54, 1.807) is 0 Å². The molecule has 154 valence electrons. The highest BCUT2D eigenvalue weighted by atomic mass is 35.5. The molecule has 4 rings (SSSR count). The number of cyclic esters (lactones) is 1. The summed E-state index contributed by atoms with van der Waals surface area (Å²) in [7, 11) is 0. The van der Waals surface area contributed by atoms with E-state index in [0.717, 1.165) is 38.0 Å². The highest BCUT2D eigenvalue weighted by Gasteiger charge is 2.30. The van der Waals surface area contributed by atoms with Crippen molar-refractivity contribution >= 4 is 24.3 Å². The first-order chi connectivity index (χ1) is 13.6. The van der Waals surface area contributed by atoms with Crippen LogP contribution in [-0.4, -0.2) is 54.4 Å². The van der Waals surface area contributed by atoms with E-state index < -0.39 is 0 Å². The van der Waals surface area contributed by atoms with Gasteiger partial charge in [0.2, 0.25) is 0 Å². The van der Waals surface area contributed by atoms with Crippen molar-refractivity contribution in [1.29, 1.82) is 0 Å². The molecule has 0 saturated carbocycles. The SMILES string of the molecule is Cl.O=C1OC(CCCN2CCN(C(=O)c3ccc(F)cc3)CC2)c2ccccc21. The van der Waals surface area contributed by atoms with Gasteiger partial charge in [0, 0.05) is 37.3 Å². The Morgan fingerprint density at radius 2 is 1.72 bits per heavy atom. The first kappa shape index (κ1) is 21.3. The topological polar surface area (TPSA) is 49.9 Å². The molecule has 1 unspecified atom stereocenters. The highest BCUT2D eigenvalue weighted by molar-refractivity contribution is 5.94. The number of hydrogen-bond donors (Lipinski definition) is 0. The first-order valence-electron chi connectivity index (χ1n) is 9.69. The molecule has 5 nitrogen and oxygen atoms in total. The molecule has 0 aliphatic carbocycles. The van der Waals surface area contributed by atoms with Crippen LogP contribution in [0.1, 0.15) is 45.2 Å². The number of piperazine rings is 1. The Kier molecular flexibility index (Phi) is 6.87. The lowest BCUT2D eigenvalue weighted by atomic mass is 10.0. The molecule has 0 radical (unpaired) electrons. The Hall–Kier alpha value is -2.44. The Balaban J connectivity index is 0.00000240. The largest absolute Gasteiger partial charge is 0.454 e. The van der Waals surface area contributed by atoms with Gasteiger partial charge in [-0.3, -0.25) is 9.69 Å². The molecule has 2 heterocycles. The minimum atomic E-state index is -0.336. The molecule has 2 aliphatic heterocycles. The summed E-state index contributed by atoms with van der Waals surface area (Å²) in [6, 6.07) is 13.3. The molecule has 2 aliphatic rings. The van der Waals surface area contributed by atoms with Gasteiger partial charge in [-0.2, -0.15) is 0 Å². The summed E-state index contributed by atoms with van der Waals surface area (Å²) in [6.45, 7) is 3.87. The molecule has 1 amide bonds. The summed E-state index contributed by atoms with van der Waals surface area (Å²) >= 11 is 0. The van der Waals surface area contributed by atoms with Crippen molar-refractivity contribution in [2.75, 3.05) is 32.7 Å². The van der Waals surface area contributed by atoms with Gasteiger partial charge in [-0.15, -0.1) is 12.4 Å². The number of nitrogens with zero attached hydrogens (tertiary/aromatic N) is 2. The summed E-state index contributed by atoms with van der Waals surface area (Å²) in [5, 5.41) is 0. The maximum absolute atomic E-state index is 13.0. The lowest BCUT2D eigenvalue weighted by Gasteiger charge is -2.35.